The van der Waals surface area contributed by atoms with Gasteiger partial charge in [-0.2, -0.15) is 0 Å². The summed E-state index contributed by atoms with van der Waals surface area (Å²) < 4.78 is 20.1. The predicted octanol–water partition coefficient (Wildman–Crippen LogP) is 3.05. The van der Waals surface area contributed by atoms with E-state index in [0.29, 0.717) is 35.6 Å². The number of aliphatic imine (C=N–C) groups is 1. The van der Waals surface area contributed by atoms with E-state index in [2.05, 4.69) is 31.6 Å². The van der Waals surface area contributed by atoms with Gasteiger partial charge in [0.2, 0.25) is 0 Å². The van der Waals surface area contributed by atoms with Gasteiger partial charge in [-0.05, 0) is 31.9 Å². The van der Waals surface area contributed by atoms with Crippen LogP contribution in [0.3, 0.4) is 0 Å². The summed E-state index contributed by atoms with van der Waals surface area (Å²) in [6.45, 7) is 5.14. The molecule has 1 unspecified atom stereocenters. The first-order chi connectivity index (χ1) is 11.6. The average molecular weight is 530 g/mol. The molecule has 1 fully saturated rings. The largest absolute Gasteiger partial charge is 0.396 e. The molecule has 0 aliphatic carbocycles. The molecule has 142 valence electrons. The van der Waals surface area contributed by atoms with E-state index in [1.807, 2.05) is 6.92 Å². The van der Waals surface area contributed by atoms with Crippen LogP contribution in [-0.4, -0.2) is 44.0 Å². The second kappa shape index (κ2) is 11.3. The van der Waals surface area contributed by atoms with Crippen LogP contribution >= 0.6 is 39.9 Å². The van der Waals surface area contributed by atoms with Crippen molar-refractivity contribution in [3.05, 3.63) is 34.1 Å². The van der Waals surface area contributed by atoms with E-state index in [-0.39, 0.29) is 48.4 Å². The molecule has 0 bridgehead atoms. The Bertz CT molecular complexity index is 569. The lowest BCUT2D eigenvalue weighted by Gasteiger charge is -2.27. The maximum Gasteiger partial charge on any atom is 0.191 e. The fourth-order valence-corrected chi connectivity index (χ4v) is 3.07. The third kappa shape index (κ3) is 6.99. The number of nitrogens with zero attached hydrogens (tertiary/aromatic N) is 1. The summed E-state index contributed by atoms with van der Waals surface area (Å²) in [5.74, 6) is 0.369. The monoisotopic (exact) mass is 529 g/mol. The highest BCUT2D eigenvalue weighted by Crippen LogP contribution is 2.31. The SMILES string of the molecule is CCNC(=NCc1ccc(Br)cc1F)NCC1(CCO)CCOC1.I. The number of nitrogens with one attached hydrogen (secondary N) is 2. The summed E-state index contributed by atoms with van der Waals surface area (Å²) in [7, 11) is 0. The van der Waals surface area contributed by atoms with E-state index in [1.54, 1.807) is 12.1 Å². The summed E-state index contributed by atoms with van der Waals surface area (Å²) in [5.41, 5.74) is 0.484. The number of guanidine groups is 1. The van der Waals surface area contributed by atoms with Gasteiger partial charge in [-0.15, -0.1) is 24.0 Å². The van der Waals surface area contributed by atoms with Gasteiger partial charge in [0, 0.05) is 41.8 Å². The minimum Gasteiger partial charge on any atom is -0.396 e. The maximum absolute atomic E-state index is 13.9. The van der Waals surface area contributed by atoms with Crippen molar-refractivity contribution in [1.82, 2.24) is 10.6 Å². The molecule has 5 nitrogen and oxygen atoms in total. The fourth-order valence-electron chi connectivity index (χ4n) is 2.74. The highest BCUT2D eigenvalue weighted by molar-refractivity contribution is 14.0. The first-order valence-electron chi connectivity index (χ1n) is 8.23. The van der Waals surface area contributed by atoms with Crippen molar-refractivity contribution in [3.63, 3.8) is 0 Å². The van der Waals surface area contributed by atoms with E-state index in [9.17, 15) is 9.50 Å². The van der Waals surface area contributed by atoms with Crippen LogP contribution < -0.4 is 10.6 Å². The highest BCUT2D eigenvalue weighted by atomic mass is 127. The molecule has 1 aromatic rings. The van der Waals surface area contributed by atoms with Crippen LogP contribution in [0.15, 0.2) is 27.7 Å². The van der Waals surface area contributed by atoms with Gasteiger partial charge in [-0.25, -0.2) is 9.38 Å². The number of hydrogen-bond donors (Lipinski definition) is 3. The third-order valence-electron chi connectivity index (χ3n) is 4.22. The molecule has 1 aliphatic heterocycles. The highest BCUT2D eigenvalue weighted by Gasteiger charge is 2.34. The summed E-state index contributed by atoms with van der Waals surface area (Å²) >= 11 is 3.25. The van der Waals surface area contributed by atoms with E-state index >= 15 is 0 Å². The molecular formula is C17H26BrFIN3O2. The van der Waals surface area contributed by atoms with Crippen molar-refractivity contribution >= 4 is 45.9 Å². The van der Waals surface area contributed by atoms with Gasteiger partial charge in [0.05, 0.1) is 13.2 Å². The number of aliphatic hydroxyl groups excluding tert-OH is 1. The molecule has 1 saturated heterocycles. The minimum absolute atomic E-state index is 0. The van der Waals surface area contributed by atoms with Crippen molar-refractivity contribution in [2.24, 2.45) is 10.4 Å². The number of halogens is 3. The normalized spacial score (nSPS) is 20.2. The summed E-state index contributed by atoms with van der Waals surface area (Å²) in [6.07, 6.45) is 1.61. The van der Waals surface area contributed by atoms with Gasteiger partial charge >= 0.3 is 0 Å². The summed E-state index contributed by atoms with van der Waals surface area (Å²) in [5, 5.41) is 15.8. The zero-order valence-electron chi connectivity index (χ0n) is 14.4. The predicted molar refractivity (Wildman–Crippen MR) is 112 cm³/mol. The molecule has 3 N–H and O–H groups in total. The van der Waals surface area contributed by atoms with Gasteiger partial charge in [0.25, 0.3) is 0 Å². The Labute approximate surface area is 174 Å². The van der Waals surface area contributed by atoms with Gasteiger partial charge in [-0.3, -0.25) is 0 Å². The number of rotatable bonds is 7. The van der Waals surface area contributed by atoms with E-state index in [4.69, 9.17) is 4.74 Å². The van der Waals surface area contributed by atoms with E-state index in [0.717, 1.165) is 19.6 Å². The van der Waals surface area contributed by atoms with E-state index in [1.165, 1.54) is 6.07 Å². The Morgan fingerprint density at radius 2 is 2.24 bits per heavy atom. The molecule has 1 atom stereocenters. The second-order valence-electron chi connectivity index (χ2n) is 6.06. The number of aliphatic hydroxyl groups is 1. The molecule has 0 amide bonds. The lowest BCUT2D eigenvalue weighted by atomic mass is 9.84. The molecule has 25 heavy (non-hydrogen) atoms. The number of benzene rings is 1. The number of hydrogen-bond acceptors (Lipinski definition) is 3. The van der Waals surface area contributed by atoms with Crippen LogP contribution in [0.1, 0.15) is 25.3 Å². The molecule has 2 rings (SSSR count). The minimum atomic E-state index is -0.273. The Balaban J connectivity index is 0.00000312. The van der Waals surface area contributed by atoms with Crippen molar-refractivity contribution in [2.45, 2.75) is 26.3 Å². The van der Waals surface area contributed by atoms with Crippen molar-refractivity contribution in [3.8, 4) is 0 Å². The van der Waals surface area contributed by atoms with Crippen molar-refractivity contribution in [1.29, 1.82) is 0 Å². The van der Waals surface area contributed by atoms with Crippen LogP contribution in [-0.2, 0) is 11.3 Å². The van der Waals surface area contributed by atoms with Crippen LogP contribution in [0, 0.1) is 11.2 Å². The van der Waals surface area contributed by atoms with Crippen molar-refractivity contribution < 1.29 is 14.2 Å². The molecular weight excluding hydrogens is 504 g/mol. The molecule has 1 aromatic carbocycles. The van der Waals surface area contributed by atoms with Gasteiger partial charge in [0.1, 0.15) is 5.82 Å². The Morgan fingerprint density at radius 1 is 1.44 bits per heavy atom. The first-order valence-corrected chi connectivity index (χ1v) is 9.02. The zero-order valence-corrected chi connectivity index (χ0v) is 18.3. The molecule has 0 saturated carbocycles. The molecule has 0 radical (unpaired) electrons. The lowest BCUT2D eigenvalue weighted by Crippen LogP contribution is -2.44. The third-order valence-corrected chi connectivity index (χ3v) is 4.72. The van der Waals surface area contributed by atoms with Crippen LogP contribution in [0.4, 0.5) is 4.39 Å². The van der Waals surface area contributed by atoms with Crippen LogP contribution in [0.5, 0.6) is 0 Å². The van der Waals surface area contributed by atoms with Gasteiger partial charge < -0.3 is 20.5 Å². The topological polar surface area (TPSA) is 65.9 Å². The lowest BCUT2D eigenvalue weighted by molar-refractivity contribution is 0.127. The first kappa shape index (κ1) is 22.6. The molecule has 8 heteroatoms. The molecule has 0 spiro atoms. The summed E-state index contributed by atoms with van der Waals surface area (Å²) in [6, 6.07) is 4.97. The second-order valence-corrected chi connectivity index (χ2v) is 6.98. The molecule has 1 heterocycles. The smallest absolute Gasteiger partial charge is 0.191 e. The Kier molecular flexibility index (Phi) is 10.2. The Morgan fingerprint density at radius 3 is 2.84 bits per heavy atom. The fraction of sp³-hybridized carbons (Fsp3) is 0.588. The quantitative estimate of drug-likeness (QED) is 0.288. The van der Waals surface area contributed by atoms with Crippen LogP contribution in [0.25, 0.3) is 0 Å². The van der Waals surface area contributed by atoms with Gasteiger partial charge in [-0.1, -0.05) is 22.0 Å². The van der Waals surface area contributed by atoms with Crippen LogP contribution in [0.2, 0.25) is 0 Å². The zero-order chi connectivity index (χ0) is 17.4. The number of ether oxygens (including phenoxy) is 1. The van der Waals surface area contributed by atoms with Gasteiger partial charge in [0.15, 0.2) is 5.96 Å². The standard InChI is InChI=1S/C17H25BrFN3O2.HI/c1-2-20-16(21-10-13-3-4-14(18)9-15(13)19)22-11-17(5-7-23)6-8-24-12-17;/h3-4,9,23H,2,5-8,10-12H2,1H3,(H2,20,21,22);1H. The maximum atomic E-state index is 13.9. The molecule has 0 aromatic heterocycles. The average Bonchev–Trinajstić information content (AvgIpc) is 3.01. The van der Waals surface area contributed by atoms with Crippen molar-refractivity contribution in [2.75, 3.05) is 32.9 Å². The Hall–Kier alpha value is -0.450. The summed E-state index contributed by atoms with van der Waals surface area (Å²) in [4.78, 5) is 4.46. The van der Waals surface area contributed by atoms with E-state index < -0.39 is 0 Å². The molecule has 1 aliphatic rings.